The smallest absolute Gasteiger partial charge is 0.309 e. The summed E-state index contributed by atoms with van der Waals surface area (Å²) in [5.41, 5.74) is 1.90. The van der Waals surface area contributed by atoms with E-state index in [0.29, 0.717) is 32.5 Å². The largest absolute Gasteiger partial charge is 0.466 e. The maximum atomic E-state index is 12.7. The van der Waals surface area contributed by atoms with Crippen molar-refractivity contribution >= 4 is 39.1 Å². The Bertz CT molecular complexity index is 796. The van der Waals surface area contributed by atoms with Crippen LogP contribution in [0.25, 0.3) is 10.2 Å². The number of hydrogen-bond acceptors (Lipinski definition) is 6. The van der Waals surface area contributed by atoms with E-state index in [2.05, 4.69) is 10.3 Å². The monoisotopic (exact) mass is 375 g/mol. The van der Waals surface area contributed by atoms with Crippen LogP contribution < -0.4 is 5.32 Å². The van der Waals surface area contributed by atoms with Crippen LogP contribution in [-0.2, 0) is 14.3 Å². The Morgan fingerprint density at radius 1 is 1.38 bits per heavy atom. The number of fused-ring (bicyclic) bond motifs is 1. The molecule has 140 valence electrons. The van der Waals surface area contributed by atoms with E-state index in [0.717, 1.165) is 20.9 Å². The third-order valence-electron chi connectivity index (χ3n) is 4.68. The number of rotatable bonds is 5. The van der Waals surface area contributed by atoms with Crippen LogP contribution in [0.2, 0.25) is 0 Å². The molecule has 0 radical (unpaired) electrons. The molecular formula is C19H25N3O3S. The molecule has 2 aromatic rings. The van der Waals surface area contributed by atoms with Crippen LogP contribution >= 0.6 is 11.3 Å². The number of aryl methyl sites for hydroxylation is 1. The minimum Gasteiger partial charge on any atom is -0.466 e. The number of carbonyl (C=O) groups excluding carboxylic acids is 2. The summed E-state index contributed by atoms with van der Waals surface area (Å²) >= 11 is 1.65. The summed E-state index contributed by atoms with van der Waals surface area (Å²) in [5.74, 6) is -0.161. The lowest BCUT2D eigenvalue weighted by Gasteiger charge is -2.33. The fourth-order valence-electron chi connectivity index (χ4n) is 3.31. The first-order valence-corrected chi connectivity index (χ1v) is 9.88. The summed E-state index contributed by atoms with van der Waals surface area (Å²) in [7, 11) is 0. The van der Waals surface area contributed by atoms with E-state index in [1.807, 2.05) is 43.9 Å². The molecule has 0 spiro atoms. The number of hydrogen-bond donors (Lipinski definition) is 1. The summed E-state index contributed by atoms with van der Waals surface area (Å²) in [6.07, 6.45) is 1.34. The summed E-state index contributed by atoms with van der Waals surface area (Å²) in [6.45, 7) is 7.28. The van der Waals surface area contributed by atoms with Gasteiger partial charge in [-0.3, -0.25) is 9.59 Å². The number of likely N-dealkylation sites (tertiary alicyclic amines) is 1. The number of benzene rings is 1. The molecule has 2 heterocycles. The molecule has 1 aliphatic heterocycles. The first-order chi connectivity index (χ1) is 12.5. The zero-order chi connectivity index (χ0) is 18.7. The van der Waals surface area contributed by atoms with Crippen molar-refractivity contribution in [1.29, 1.82) is 0 Å². The van der Waals surface area contributed by atoms with Gasteiger partial charge in [-0.05, 0) is 51.8 Å². The third-order valence-corrected chi connectivity index (χ3v) is 5.61. The molecule has 1 fully saturated rings. The lowest BCUT2D eigenvalue weighted by molar-refractivity contribution is -0.151. The maximum Gasteiger partial charge on any atom is 0.309 e. The van der Waals surface area contributed by atoms with E-state index in [-0.39, 0.29) is 23.8 Å². The average Bonchev–Trinajstić information content (AvgIpc) is 3.00. The Labute approximate surface area is 157 Å². The molecule has 1 aliphatic rings. The highest BCUT2D eigenvalue weighted by atomic mass is 32.1. The van der Waals surface area contributed by atoms with Crippen molar-refractivity contribution in [3.8, 4) is 0 Å². The summed E-state index contributed by atoms with van der Waals surface area (Å²) in [5, 5.41) is 4.32. The molecule has 1 aromatic heterocycles. The standard InChI is InChI=1S/C19H25N3O3S/c1-4-25-19(24)14-7-9-22(10-8-14)18(23)12(2)20-15-5-6-16-17(11-15)26-13(3)21-16/h5-6,11-12,14,20H,4,7-10H2,1-3H3. The highest BCUT2D eigenvalue weighted by Crippen LogP contribution is 2.25. The van der Waals surface area contributed by atoms with Crippen LogP contribution in [0, 0.1) is 12.8 Å². The maximum absolute atomic E-state index is 12.7. The van der Waals surface area contributed by atoms with Crippen molar-refractivity contribution in [3.63, 3.8) is 0 Å². The van der Waals surface area contributed by atoms with Gasteiger partial charge in [-0.25, -0.2) is 4.98 Å². The van der Waals surface area contributed by atoms with Gasteiger partial charge < -0.3 is 15.0 Å². The molecule has 0 saturated carbocycles. The number of nitrogens with zero attached hydrogens (tertiary/aromatic N) is 2. The average molecular weight is 375 g/mol. The molecule has 1 N–H and O–H groups in total. The summed E-state index contributed by atoms with van der Waals surface area (Å²) in [4.78, 5) is 30.8. The fourth-order valence-corrected chi connectivity index (χ4v) is 4.18. The second kappa shape index (κ2) is 8.03. The molecule has 26 heavy (non-hydrogen) atoms. The van der Waals surface area contributed by atoms with Crippen LogP contribution in [0.1, 0.15) is 31.7 Å². The first kappa shape index (κ1) is 18.6. The molecule has 3 rings (SSSR count). The number of anilines is 1. The zero-order valence-electron chi connectivity index (χ0n) is 15.4. The van der Waals surface area contributed by atoms with Crippen molar-refractivity contribution in [2.24, 2.45) is 5.92 Å². The van der Waals surface area contributed by atoms with E-state index >= 15 is 0 Å². The number of nitrogens with one attached hydrogen (secondary N) is 1. The molecule has 1 aromatic carbocycles. The van der Waals surface area contributed by atoms with Gasteiger partial charge in [0.25, 0.3) is 0 Å². The van der Waals surface area contributed by atoms with Crippen molar-refractivity contribution in [2.75, 3.05) is 25.0 Å². The Kier molecular flexibility index (Phi) is 5.76. The molecular weight excluding hydrogens is 350 g/mol. The van der Waals surface area contributed by atoms with Crippen LogP contribution in [-0.4, -0.2) is 47.5 Å². The summed E-state index contributed by atoms with van der Waals surface area (Å²) in [6, 6.07) is 5.65. The SMILES string of the molecule is CCOC(=O)C1CCN(C(=O)C(C)Nc2ccc3nc(C)sc3c2)CC1. The minimum atomic E-state index is -0.319. The van der Waals surface area contributed by atoms with E-state index in [9.17, 15) is 9.59 Å². The van der Waals surface area contributed by atoms with Crippen LogP contribution in [0.3, 0.4) is 0 Å². The van der Waals surface area contributed by atoms with Crippen molar-refractivity contribution < 1.29 is 14.3 Å². The molecule has 6 nitrogen and oxygen atoms in total. The molecule has 1 unspecified atom stereocenters. The van der Waals surface area contributed by atoms with Crippen molar-refractivity contribution in [1.82, 2.24) is 9.88 Å². The molecule has 0 bridgehead atoms. The van der Waals surface area contributed by atoms with Gasteiger partial charge in [-0.2, -0.15) is 0 Å². The summed E-state index contributed by atoms with van der Waals surface area (Å²) < 4.78 is 6.19. The third kappa shape index (κ3) is 4.15. The van der Waals surface area contributed by atoms with Crippen LogP contribution in [0.15, 0.2) is 18.2 Å². The zero-order valence-corrected chi connectivity index (χ0v) is 16.3. The van der Waals surface area contributed by atoms with Crippen molar-refractivity contribution in [3.05, 3.63) is 23.2 Å². The Morgan fingerprint density at radius 2 is 2.12 bits per heavy atom. The Hall–Kier alpha value is -2.15. The molecule has 1 atom stereocenters. The number of aromatic nitrogens is 1. The van der Waals surface area contributed by atoms with E-state index in [4.69, 9.17) is 4.74 Å². The van der Waals surface area contributed by atoms with E-state index < -0.39 is 0 Å². The fraction of sp³-hybridized carbons (Fsp3) is 0.526. The Balaban J connectivity index is 1.56. The lowest BCUT2D eigenvalue weighted by atomic mass is 9.96. The van der Waals surface area contributed by atoms with Crippen LogP contribution in [0.5, 0.6) is 0 Å². The predicted molar refractivity (Wildman–Crippen MR) is 103 cm³/mol. The second-order valence-corrected chi connectivity index (χ2v) is 7.87. The number of carbonyl (C=O) groups is 2. The van der Waals surface area contributed by atoms with Gasteiger partial charge >= 0.3 is 5.97 Å². The number of piperidine rings is 1. The molecule has 7 heteroatoms. The van der Waals surface area contributed by atoms with Crippen LogP contribution in [0.4, 0.5) is 5.69 Å². The molecule has 0 aliphatic carbocycles. The predicted octanol–water partition coefficient (Wildman–Crippen LogP) is 3.21. The van der Waals surface area contributed by atoms with Crippen molar-refractivity contribution in [2.45, 2.75) is 39.7 Å². The van der Waals surface area contributed by atoms with Gasteiger partial charge in [0.05, 0.1) is 27.7 Å². The van der Waals surface area contributed by atoms with E-state index in [1.165, 1.54) is 0 Å². The highest BCUT2D eigenvalue weighted by Gasteiger charge is 2.30. The lowest BCUT2D eigenvalue weighted by Crippen LogP contribution is -2.46. The first-order valence-electron chi connectivity index (χ1n) is 9.07. The normalized spacial score (nSPS) is 16.5. The van der Waals surface area contributed by atoms with Gasteiger partial charge in [-0.15, -0.1) is 11.3 Å². The topological polar surface area (TPSA) is 71.5 Å². The Morgan fingerprint density at radius 3 is 2.81 bits per heavy atom. The number of amides is 1. The van der Waals surface area contributed by atoms with Gasteiger partial charge in [0.1, 0.15) is 6.04 Å². The number of thiazole rings is 1. The highest BCUT2D eigenvalue weighted by molar-refractivity contribution is 7.18. The van der Waals surface area contributed by atoms with Gasteiger partial charge in [0.2, 0.25) is 5.91 Å². The van der Waals surface area contributed by atoms with Gasteiger partial charge in [-0.1, -0.05) is 0 Å². The minimum absolute atomic E-state index is 0.0629. The molecule has 1 amide bonds. The molecule has 1 saturated heterocycles. The second-order valence-electron chi connectivity index (χ2n) is 6.63. The van der Waals surface area contributed by atoms with Gasteiger partial charge in [0.15, 0.2) is 0 Å². The van der Waals surface area contributed by atoms with E-state index in [1.54, 1.807) is 11.3 Å². The van der Waals surface area contributed by atoms with Gasteiger partial charge in [0, 0.05) is 18.8 Å². The quantitative estimate of drug-likeness (QED) is 0.813. The number of esters is 1. The number of ether oxygens (including phenoxy) is 1.